The third-order valence-corrected chi connectivity index (χ3v) is 3.13. The smallest absolute Gasteiger partial charge is 0.0810 e. The predicted octanol–water partition coefficient (Wildman–Crippen LogP) is 2.31. The molecule has 0 aromatic carbocycles. The summed E-state index contributed by atoms with van der Waals surface area (Å²) >= 11 is 0. The highest BCUT2D eigenvalue weighted by Crippen LogP contribution is 2.14. The van der Waals surface area contributed by atoms with Gasteiger partial charge in [0.05, 0.1) is 32.0 Å². The van der Waals surface area contributed by atoms with Crippen molar-refractivity contribution < 1.29 is 14.2 Å². The summed E-state index contributed by atoms with van der Waals surface area (Å²) in [6, 6.07) is 0. The van der Waals surface area contributed by atoms with E-state index in [2.05, 4.69) is 12.2 Å². The van der Waals surface area contributed by atoms with Crippen molar-refractivity contribution in [2.24, 2.45) is 0 Å². The van der Waals surface area contributed by atoms with E-state index in [0.29, 0.717) is 18.8 Å². The van der Waals surface area contributed by atoms with Gasteiger partial charge in [0, 0.05) is 6.61 Å². The molecule has 1 aliphatic carbocycles. The van der Waals surface area contributed by atoms with Crippen LogP contribution in [0, 0.1) is 0 Å². The van der Waals surface area contributed by atoms with Crippen LogP contribution >= 0.6 is 0 Å². The third-order valence-electron chi connectivity index (χ3n) is 3.13. The van der Waals surface area contributed by atoms with Crippen molar-refractivity contribution in [2.45, 2.75) is 44.3 Å². The van der Waals surface area contributed by atoms with Gasteiger partial charge >= 0.3 is 0 Å². The van der Waals surface area contributed by atoms with Crippen LogP contribution in [0.2, 0.25) is 0 Å². The van der Waals surface area contributed by atoms with Crippen LogP contribution in [0.3, 0.4) is 0 Å². The maximum Gasteiger partial charge on any atom is 0.0810 e. The van der Waals surface area contributed by atoms with Crippen molar-refractivity contribution in [1.82, 2.24) is 0 Å². The second-order valence-corrected chi connectivity index (χ2v) is 4.49. The molecule has 3 heteroatoms. The zero-order valence-electron chi connectivity index (χ0n) is 9.90. The molecule has 0 N–H and O–H groups in total. The van der Waals surface area contributed by atoms with Gasteiger partial charge in [-0.2, -0.15) is 0 Å². The molecule has 0 saturated carbocycles. The van der Waals surface area contributed by atoms with Gasteiger partial charge in [-0.25, -0.2) is 0 Å². The molecule has 16 heavy (non-hydrogen) atoms. The lowest BCUT2D eigenvalue weighted by Gasteiger charge is -2.23. The Kier molecular flexibility index (Phi) is 5.32. The third kappa shape index (κ3) is 4.24. The standard InChI is InChI=1S/C13H22O3/c1-2-5-12(6-3-1)15-9-10-16-13-7-4-8-14-11-13/h1-2,12-13H,3-11H2. The van der Waals surface area contributed by atoms with E-state index in [4.69, 9.17) is 14.2 Å². The fourth-order valence-electron chi connectivity index (χ4n) is 2.19. The summed E-state index contributed by atoms with van der Waals surface area (Å²) in [6.45, 7) is 3.07. The fourth-order valence-corrected chi connectivity index (χ4v) is 2.19. The number of allylic oxidation sites excluding steroid dienone is 1. The van der Waals surface area contributed by atoms with Gasteiger partial charge in [0.25, 0.3) is 0 Å². The Labute approximate surface area is 97.8 Å². The molecule has 0 spiro atoms. The number of hydrogen-bond acceptors (Lipinski definition) is 3. The van der Waals surface area contributed by atoms with E-state index in [1.165, 1.54) is 0 Å². The molecule has 2 atom stereocenters. The summed E-state index contributed by atoms with van der Waals surface area (Å²) in [7, 11) is 0. The Hall–Kier alpha value is -0.380. The predicted molar refractivity (Wildman–Crippen MR) is 62.5 cm³/mol. The van der Waals surface area contributed by atoms with E-state index in [1.807, 2.05) is 0 Å². The van der Waals surface area contributed by atoms with Gasteiger partial charge in [-0.1, -0.05) is 12.2 Å². The Bertz CT molecular complexity index is 209. The molecule has 3 nitrogen and oxygen atoms in total. The maximum absolute atomic E-state index is 5.76. The topological polar surface area (TPSA) is 27.7 Å². The molecule has 1 aliphatic heterocycles. The average molecular weight is 226 g/mol. The molecule has 0 radical (unpaired) electrons. The van der Waals surface area contributed by atoms with Crippen LogP contribution in [-0.2, 0) is 14.2 Å². The minimum absolute atomic E-state index is 0.295. The molecular formula is C13H22O3. The largest absolute Gasteiger partial charge is 0.379 e. The van der Waals surface area contributed by atoms with Crippen molar-refractivity contribution in [2.75, 3.05) is 26.4 Å². The summed E-state index contributed by atoms with van der Waals surface area (Å²) < 4.78 is 16.8. The van der Waals surface area contributed by atoms with Crippen molar-refractivity contribution in [3.63, 3.8) is 0 Å². The second kappa shape index (κ2) is 7.05. The lowest BCUT2D eigenvalue weighted by Crippen LogP contribution is -2.27. The molecular weight excluding hydrogens is 204 g/mol. The Morgan fingerprint density at radius 3 is 2.62 bits per heavy atom. The highest BCUT2D eigenvalue weighted by Gasteiger charge is 2.14. The van der Waals surface area contributed by atoms with Crippen molar-refractivity contribution in [3.05, 3.63) is 12.2 Å². The first-order chi connectivity index (χ1) is 7.95. The van der Waals surface area contributed by atoms with Crippen LogP contribution in [0.1, 0.15) is 32.1 Å². The summed E-state index contributed by atoms with van der Waals surface area (Å²) in [5, 5.41) is 0. The Balaban J connectivity index is 1.49. The monoisotopic (exact) mass is 226 g/mol. The molecule has 2 unspecified atom stereocenters. The van der Waals surface area contributed by atoms with Gasteiger partial charge in [-0.15, -0.1) is 0 Å². The summed E-state index contributed by atoms with van der Waals surface area (Å²) in [6.07, 6.45) is 10.8. The Morgan fingerprint density at radius 2 is 1.94 bits per heavy atom. The maximum atomic E-state index is 5.76. The summed E-state index contributed by atoms with van der Waals surface area (Å²) in [5.74, 6) is 0. The quantitative estimate of drug-likeness (QED) is 0.532. The van der Waals surface area contributed by atoms with E-state index in [0.717, 1.165) is 51.9 Å². The molecule has 1 fully saturated rings. The zero-order valence-corrected chi connectivity index (χ0v) is 9.90. The number of rotatable bonds is 5. The van der Waals surface area contributed by atoms with Gasteiger partial charge in [-0.3, -0.25) is 0 Å². The fraction of sp³-hybridized carbons (Fsp3) is 0.846. The van der Waals surface area contributed by atoms with E-state index in [-0.39, 0.29) is 0 Å². The number of ether oxygens (including phenoxy) is 3. The molecule has 0 aromatic rings. The van der Waals surface area contributed by atoms with Crippen molar-refractivity contribution in [1.29, 1.82) is 0 Å². The minimum atomic E-state index is 0.295. The lowest BCUT2D eigenvalue weighted by atomic mass is 10.1. The van der Waals surface area contributed by atoms with E-state index in [1.54, 1.807) is 0 Å². The van der Waals surface area contributed by atoms with Gasteiger partial charge in [-0.05, 0) is 32.1 Å². The number of hydrogen-bond donors (Lipinski definition) is 0. The highest BCUT2D eigenvalue weighted by atomic mass is 16.6. The van der Waals surface area contributed by atoms with Crippen LogP contribution in [0.25, 0.3) is 0 Å². The molecule has 1 heterocycles. The molecule has 0 bridgehead atoms. The molecule has 1 saturated heterocycles. The summed E-state index contributed by atoms with van der Waals surface area (Å²) in [4.78, 5) is 0. The normalized spacial score (nSPS) is 30.5. The van der Waals surface area contributed by atoms with Crippen LogP contribution < -0.4 is 0 Å². The SMILES string of the molecule is C1=CCC(OCCOC2CCCOC2)CC1. The van der Waals surface area contributed by atoms with E-state index < -0.39 is 0 Å². The molecule has 0 aromatic heterocycles. The lowest BCUT2D eigenvalue weighted by molar-refractivity contribution is -0.0736. The van der Waals surface area contributed by atoms with Gasteiger partial charge in [0.1, 0.15) is 0 Å². The molecule has 0 amide bonds. The van der Waals surface area contributed by atoms with Crippen molar-refractivity contribution in [3.8, 4) is 0 Å². The van der Waals surface area contributed by atoms with Gasteiger partial charge < -0.3 is 14.2 Å². The molecule has 2 rings (SSSR count). The second-order valence-electron chi connectivity index (χ2n) is 4.49. The van der Waals surface area contributed by atoms with Crippen LogP contribution in [0.15, 0.2) is 12.2 Å². The van der Waals surface area contributed by atoms with E-state index >= 15 is 0 Å². The Morgan fingerprint density at radius 1 is 1.06 bits per heavy atom. The van der Waals surface area contributed by atoms with Crippen LogP contribution in [0.4, 0.5) is 0 Å². The van der Waals surface area contributed by atoms with Gasteiger partial charge in [0.15, 0.2) is 0 Å². The zero-order chi connectivity index (χ0) is 11.1. The first kappa shape index (κ1) is 12.1. The minimum Gasteiger partial charge on any atom is -0.379 e. The molecule has 2 aliphatic rings. The van der Waals surface area contributed by atoms with E-state index in [9.17, 15) is 0 Å². The first-order valence-electron chi connectivity index (χ1n) is 6.41. The van der Waals surface area contributed by atoms with Crippen molar-refractivity contribution >= 4 is 0 Å². The van der Waals surface area contributed by atoms with Gasteiger partial charge in [0.2, 0.25) is 0 Å². The first-order valence-corrected chi connectivity index (χ1v) is 6.41. The van der Waals surface area contributed by atoms with Crippen LogP contribution in [0.5, 0.6) is 0 Å². The van der Waals surface area contributed by atoms with Crippen LogP contribution in [-0.4, -0.2) is 38.6 Å². The molecule has 92 valence electrons. The summed E-state index contributed by atoms with van der Waals surface area (Å²) in [5.41, 5.74) is 0. The highest BCUT2D eigenvalue weighted by molar-refractivity contribution is 4.90. The average Bonchev–Trinajstić information content (AvgIpc) is 2.37.